The average molecular weight is 243 g/mol. The minimum absolute atomic E-state index is 0.450. The molecule has 1 aromatic rings. The van der Waals surface area contributed by atoms with Gasteiger partial charge in [-0.25, -0.2) is 0 Å². The van der Waals surface area contributed by atoms with Crippen molar-refractivity contribution >= 4 is 0 Å². The number of nitriles is 1. The summed E-state index contributed by atoms with van der Waals surface area (Å²) in [5, 5.41) is 9.13. The zero-order valence-electron chi connectivity index (χ0n) is 11.0. The Morgan fingerprint density at radius 3 is 2.94 bits per heavy atom. The molecule has 0 aliphatic carbocycles. The predicted molar refractivity (Wildman–Crippen MR) is 72.8 cm³/mol. The van der Waals surface area contributed by atoms with Gasteiger partial charge in [-0.05, 0) is 36.9 Å². The van der Waals surface area contributed by atoms with Crippen LogP contribution in [0.25, 0.3) is 0 Å². The van der Waals surface area contributed by atoms with Crippen LogP contribution in [0.2, 0.25) is 0 Å². The van der Waals surface area contributed by atoms with Crippen LogP contribution in [0.5, 0.6) is 0 Å². The van der Waals surface area contributed by atoms with Crippen molar-refractivity contribution in [3.8, 4) is 6.07 Å². The largest absolute Gasteiger partial charge is 0.329 e. The monoisotopic (exact) mass is 243 g/mol. The van der Waals surface area contributed by atoms with Gasteiger partial charge in [-0.15, -0.1) is 0 Å². The molecule has 0 spiro atoms. The summed E-state index contributed by atoms with van der Waals surface area (Å²) in [6, 6.07) is 10.6. The molecule has 2 N–H and O–H groups in total. The molecule has 2 rings (SSSR count). The third-order valence-corrected chi connectivity index (χ3v) is 3.98. The minimum Gasteiger partial charge on any atom is -0.329 e. The van der Waals surface area contributed by atoms with Gasteiger partial charge < -0.3 is 5.73 Å². The maximum atomic E-state index is 9.13. The van der Waals surface area contributed by atoms with Crippen LogP contribution >= 0.6 is 0 Å². The fourth-order valence-electron chi connectivity index (χ4n) is 2.90. The number of rotatable bonds is 3. The molecule has 1 aliphatic rings. The third-order valence-electron chi connectivity index (χ3n) is 3.98. The van der Waals surface area contributed by atoms with Gasteiger partial charge >= 0.3 is 0 Å². The van der Waals surface area contributed by atoms with E-state index in [1.807, 2.05) is 24.3 Å². The van der Waals surface area contributed by atoms with Crippen LogP contribution in [0.3, 0.4) is 0 Å². The van der Waals surface area contributed by atoms with Gasteiger partial charge in [-0.2, -0.15) is 5.26 Å². The maximum absolute atomic E-state index is 9.13. The molecule has 1 aliphatic heterocycles. The zero-order valence-corrected chi connectivity index (χ0v) is 11.0. The Hall–Kier alpha value is -1.37. The number of nitrogens with zero attached hydrogens (tertiary/aromatic N) is 2. The summed E-state index contributed by atoms with van der Waals surface area (Å²) in [7, 11) is 0. The molecule has 1 fully saturated rings. The van der Waals surface area contributed by atoms with Crippen LogP contribution in [0.15, 0.2) is 24.3 Å². The molecule has 0 aromatic heterocycles. The standard InChI is InChI=1S/C15H21N3/c1-12-5-4-8-18(15(12)10-17)11-14-7-3-2-6-13(14)9-16/h2-3,6-7,12,15H,4-5,8,10-11,17H2,1H3. The van der Waals surface area contributed by atoms with Crippen LogP contribution in [0, 0.1) is 17.2 Å². The highest BCUT2D eigenvalue weighted by Gasteiger charge is 2.27. The second-order valence-corrected chi connectivity index (χ2v) is 5.16. The van der Waals surface area contributed by atoms with Gasteiger partial charge in [-0.3, -0.25) is 4.90 Å². The zero-order chi connectivity index (χ0) is 13.0. The van der Waals surface area contributed by atoms with E-state index in [0.29, 0.717) is 18.5 Å². The Morgan fingerprint density at radius 2 is 2.22 bits per heavy atom. The van der Waals surface area contributed by atoms with Crippen molar-refractivity contribution in [3.05, 3.63) is 35.4 Å². The Morgan fingerprint density at radius 1 is 1.44 bits per heavy atom. The van der Waals surface area contributed by atoms with Crippen LogP contribution in [-0.2, 0) is 6.54 Å². The summed E-state index contributed by atoms with van der Waals surface area (Å²) in [4.78, 5) is 2.43. The van der Waals surface area contributed by atoms with Crippen molar-refractivity contribution in [2.45, 2.75) is 32.4 Å². The molecule has 1 aromatic carbocycles. The van der Waals surface area contributed by atoms with Gasteiger partial charge in [0.2, 0.25) is 0 Å². The molecule has 3 nitrogen and oxygen atoms in total. The predicted octanol–water partition coefficient (Wildman–Crippen LogP) is 2.12. The number of benzene rings is 1. The van der Waals surface area contributed by atoms with E-state index in [1.54, 1.807) is 0 Å². The first kappa shape index (κ1) is 13.1. The molecule has 18 heavy (non-hydrogen) atoms. The van der Waals surface area contributed by atoms with Crippen molar-refractivity contribution in [1.82, 2.24) is 4.90 Å². The lowest BCUT2D eigenvalue weighted by atomic mass is 9.90. The van der Waals surface area contributed by atoms with E-state index in [0.717, 1.165) is 24.2 Å². The van der Waals surface area contributed by atoms with E-state index in [4.69, 9.17) is 11.0 Å². The van der Waals surface area contributed by atoms with Gasteiger partial charge in [0, 0.05) is 19.1 Å². The third kappa shape index (κ3) is 2.72. The first-order chi connectivity index (χ1) is 8.76. The summed E-state index contributed by atoms with van der Waals surface area (Å²) in [6.45, 7) is 4.91. The van der Waals surface area contributed by atoms with E-state index in [1.165, 1.54) is 12.8 Å². The Bertz CT molecular complexity index is 436. The number of hydrogen-bond acceptors (Lipinski definition) is 3. The lowest BCUT2D eigenvalue weighted by Crippen LogP contribution is -2.48. The Labute approximate surface area is 109 Å². The molecule has 0 radical (unpaired) electrons. The molecule has 2 unspecified atom stereocenters. The smallest absolute Gasteiger partial charge is 0.0995 e. The summed E-state index contributed by atoms with van der Waals surface area (Å²) in [5.74, 6) is 0.651. The van der Waals surface area contributed by atoms with Crippen molar-refractivity contribution < 1.29 is 0 Å². The molecule has 96 valence electrons. The van der Waals surface area contributed by atoms with Crippen molar-refractivity contribution in [3.63, 3.8) is 0 Å². The Balaban J connectivity index is 2.15. The second-order valence-electron chi connectivity index (χ2n) is 5.16. The summed E-state index contributed by atoms with van der Waals surface area (Å²) in [5.41, 5.74) is 7.80. The van der Waals surface area contributed by atoms with Crippen molar-refractivity contribution in [2.24, 2.45) is 11.7 Å². The average Bonchev–Trinajstić information content (AvgIpc) is 2.40. The van der Waals surface area contributed by atoms with Crippen molar-refractivity contribution in [2.75, 3.05) is 13.1 Å². The number of likely N-dealkylation sites (tertiary alicyclic amines) is 1. The number of nitrogens with two attached hydrogens (primary N) is 1. The molecular formula is C15H21N3. The fourth-order valence-corrected chi connectivity index (χ4v) is 2.90. The number of hydrogen-bond donors (Lipinski definition) is 1. The first-order valence-electron chi connectivity index (χ1n) is 6.68. The van der Waals surface area contributed by atoms with Gasteiger partial charge in [0.25, 0.3) is 0 Å². The van der Waals surface area contributed by atoms with E-state index in [2.05, 4.69) is 17.9 Å². The molecule has 0 amide bonds. The highest BCUT2D eigenvalue weighted by molar-refractivity contribution is 5.37. The minimum atomic E-state index is 0.450. The van der Waals surface area contributed by atoms with E-state index < -0.39 is 0 Å². The summed E-state index contributed by atoms with van der Waals surface area (Å²) in [6.07, 6.45) is 2.49. The van der Waals surface area contributed by atoms with Crippen LogP contribution in [0.1, 0.15) is 30.9 Å². The molecular weight excluding hydrogens is 222 g/mol. The Kier molecular flexibility index (Phi) is 4.35. The first-order valence-corrected chi connectivity index (χ1v) is 6.68. The van der Waals surface area contributed by atoms with Gasteiger partial charge in [0.05, 0.1) is 11.6 Å². The highest BCUT2D eigenvalue weighted by Crippen LogP contribution is 2.24. The lowest BCUT2D eigenvalue weighted by Gasteiger charge is -2.39. The lowest BCUT2D eigenvalue weighted by molar-refractivity contribution is 0.0990. The van der Waals surface area contributed by atoms with E-state index >= 15 is 0 Å². The second kappa shape index (κ2) is 5.99. The number of piperidine rings is 1. The topological polar surface area (TPSA) is 53.0 Å². The van der Waals surface area contributed by atoms with Gasteiger partial charge in [-0.1, -0.05) is 25.1 Å². The van der Waals surface area contributed by atoms with E-state index in [9.17, 15) is 0 Å². The fraction of sp³-hybridized carbons (Fsp3) is 0.533. The normalized spacial score (nSPS) is 24.7. The van der Waals surface area contributed by atoms with E-state index in [-0.39, 0.29) is 0 Å². The van der Waals surface area contributed by atoms with Crippen LogP contribution in [-0.4, -0.2) is 24.0 Å². The molecule has 0 bridgehead atoms. The van der Waals surface area contributed by atoms with Crippen LogP contribution < -0.4 is 5.73 Å². The molecule has 1 saturated heterocycles. The van der Waals surface area contributed by atoms with Gasteiger partial charge in [0.15, 0.2) is 0 Å². The molecule has 0 saturated carbocycles. The maximum Gasteiger partial charge on any atom is 0.0995 e. The van der Waals surface area contributed by atoms with Crippen molar-refractivity contribution in [1.29, 1.82) is 5.26 Å². The highest BCUT2D eigenvalue weighted by atomic mass is 15.2. The molecule has 2 atom stereocenters. The van der Waals surface area contributed by atoms with Crippen LogP contribution in [0.4, 0.5) is 0 Å². The summed E-state index contributed by atoms with van der Waals surface area (Å²) >= 11 is 0. The molecule has 3 heteroatoms. The quantitative estimate of drug-likeness (QED) is 0.884. The summed E-state index contributed by atoms with van der Waals surface area (Å²) < 4.78 is 0. The van der Waals surface area contributed by atoms with Gasteiger partial charge in [0.1, 0.15) is 0 Å². The molecule has 1 heterocycles. The SMILES string of the molecule is CC1CCCN(Cc2ccccc2C#N)C1CN.